The molecule has 3 aromatic rings. The summed E-state index contributed by atoms with van der Waals surface area (Å²) in [6, 6.07) is 13.7. The minimum atomic E-state index is -0.664. The molecule has 0 saturated heterocycles. The number of benzene rings is 2. The number of nitrogens with one attached hydrogen (secondary N) is 1. The van der Waals surface area contributed by atoms with Crippen LogP contribution >= 0.6 is 0 Å². The van der Waals surface area contributed by atoms with Gasteiger partial charge in [0.25, 0.3) is 11.8 Å². The Kier molecular flexibility index (Phi) is 4.62. The largest absolute Gasteiger partial charge is 0.398 e. The van der Waals surface area contributed by atoms with Crippen molar-refractivity contribution < 1.29 is 14.0 Å². The molecule has 0 spiro atoms. The van der Waals surface area contributed by atoms with Gasteiger partial charge in [0, 0.05) is 16.8 Å². The van der Waals surface area contributed by atoms with Gasteiger partial charge in [0.1, 0.15) is 5.82 Å². The second-order valence-corrected chi connectivity index (χ2v) is 5.53. The first-order chi connectivity index (χ1) is 12.5. The number of aromatic nitrogens is 1. The quantitative estimate of drug-likeness (QED) is 0.628. The van der Waals surface area contributed by atoms with Crippen LogP contribution in [0.15, 0.2) is 60.8 Å². The van der Waals surface area contributed by atoms with Gasteiger partial charge in [0.15, 0.2) is 0 Å². The summed E-state index contributed by atoms with van der Waals surface area (Å²) in [5.74, 6) is -1.46. The zero-order chi connectivity index (χ0) is 18.7. The number of nitrogens with zero attached hydrogens (tertiary/aromatic N) is 1. The number of primary amides is 1. The highest BCUT2D eigenvalue weighted by Crippen LogP contribution is 2.22. The number of carbonyl (C=O) groups excluding carboxylic acids is 2. The van der Waals surface area contributed by atoms with E-state index in [0.717, 1.165) is 0 Å². The first kappa shape index (κ1) is 17.1. The summed E-state index contributed by atoms with van der Waals surface area (Å²) in [4.78, 5) is 27.6. The van der Waals surface area contributed by atoms with Crippen molar-refractivity contribution in [2.75, 3.05) is 11.1 Å². The zero-order valence-electron chi connectivity index (χ0n) is 13.6. The Morgan fingerprint density at radius 2 is 1.81 bits per heavy atom. The molecule has 0 radical (unpaired) electrons. The van der Waals surface area contributed by atoms with Gasteiger partial charge in [0.2, 0.25) is 0 Å². The molecule has 3 rings (SSSR count). The highest BCUT2D eigenvalue weighted by atomic mass is 19.1. The number of carbonyl (C=O) groups is 2. The molecule has 0 atom stereocenters. The van der Waals surface area contributed by atoms with Crippen LogP contribution < -0.4 is 16.8 Å². The molecule has 2 aromatic carbocycles. The molecule has 7 heteroatoms. The predicted octanol–water partition coefficient (Wildman–Crippen LogP) is 2.82. The van der Waals surface area contributed by atoms with Crippen molar-refractivity contribution >= 4 is 23.2 Å². The summed E-state index contributed by atoms with van der Waals surface area (Å²) in [5.41, 5.74) is 12.7. The molecule has 1 heterocycles. The monoisotopic (exact) mass is 350 g/mol. The minimum Gasteiger partial charge on any atom is -0.398 e. The minimum absolute atomic E-state index is 0.123. The molecule has 2 amide bonds. The second kappa shape index (κ2) is 7.02. The Morgan fingerprint density at radius 1 is 1.04 bits per heavy atom. The smallest absolute Gasteiger partial charge is 0.255 e. The normalized spacial score (nSPS) is 10.3. The molecule has 130 valence electrons. The first-order valence-corrected chi connectivity index (χ1v) is 7.67. The molecule has 0 aliphatic heterocycles. The maximum absolute atomic E-state index is 13.8. The maximum Gasteiger partial charge on any atom is 0.255 e. The lowest BCUT2D eigenvalue weighted by Crippen LogP contribution is -2.16. The first-order valence-electron chi connectivity index (χ1n) is 7.67. The van der Waals surface area contributed by atoms with Crippen LogP contribution in [0.25, 0.3) is 11.3 Å². The molecule has 0 aliphatic rings. The van der Waals surface area contributed by atoms with E-state index in [4.69, 9.17) is 11.5 Å². The molecule has 0 bridgehead atoms. The number of amides is 2. The predicted molar refractivity (Wildman–Crippen MR) is 97.0 cm³/mol. The van der Waals surface area contributed by atoms with Crippen LogP contribution in [-0.4, -0.2) is 16.8 Å². The van der Waals surface area contributed by atoms with Crippen molar-refractivity contribution in [1.29, 1.82) is 0 Å². The Morgan fingerprint density at radius 3 is 2.42 bits per heavy atom. The third-order valence-corrected chi connectivity index (χ3v) is 3.75. The average molecular weight is 350 g/mol. The van der Waals surface area contributed by atoms with E-state index in [1.54, 1.807) is 30.3 Å². The topological polar surface area (TPSA) is 111 Å². The van der Waals surface area contributed by atoms with Gasteiger partial charge in [-0.1, -0.05) is 12.1 Å². The van der Waals surface area contributed by atoms with Crippen molar-refractivity contribution in [3.63, 3.8) is 0 Å². The van der Waals surface area contributed by atoms with Gasteiger partial charge in [-0.3, -0.25) is 14.6 Å². The molecule has 26 heavy (non-hydrogen) atoms. The summed E-state index contributed by atoms with van der Waals surface area (Å²) in [6.07, 6.45) is 1.43. The van der Waals surface area contributed by atoms with Gasteiger partial charge < -0.3 is 16.8 Å². The van der Waals surface area contributed by atoms with Gasteiger partial charge in [-0.2, -0.15) is 0 Å². The number of nitrogen functional groups attached to an aromatic ring is 1. The molecule has 6 nitrogen and oxygen atoms in total. The number of halogens is 1. The third kappa shape index (κ3) is 3.51. The van der Waals surface area contributed by atoms with Crippen LogP contribution in [0.3, 0.4) is 0 Å². The van der Waals surface area contributed by atoms with E-state index in [9.17, 15) is 14.0 Å². The van der Waals surface area contributed by atoms with Gasteiger partial charge in [0.05, 0.1) is 23.1 Å². The van der Waals surface area contributed by atoms with E-state index >= 15 is 0 Å². The van der Waals surface area contributed by atoms with Gasteiger partial charge in [-0.25, -0.2) is 4.39 Å². The van der Waals surface area contributed by atoms with Gasteiger partial charge >= 0.3 is 0 Å². The van der Waals surface area contributed by atoms with Gasteiger partial charge in [-0.15, -0.1) is 0 Å². The van der Waals surface area contributed by atoms with E-state index in [1.807, 2.05) is 0 Å². The number of hydrogen-bond donors (Lipinski definition) is 3. The maximum atomic E-state index is 13.8. The fourth-order valence-corrected chi connectivity index (χ4v) is 2.43. The van der Waals surface area contributed by atoms with Crippen LogP contribution in [0.1, 0.15) is 20.7 Å². The third-order valence-electron chi connectivity index (χ3n) is 3.75. The Hall–Kier alpha value is -3.74. The van der Waals surface area contributed by atoms with E-state index in [1.165, 1.54) is 30.5 Å². The summed E-state index contributed by atoms with van der Waals surface area (Å²) < 4.78 is 13.8. The van der Waals surface area contributed by atoms with Crippen LogP contribution in [0.5, 0.6) is 0 Å². The number of nitrogens with two attached hydrogens (primary N) is 2. The van der Waals surface area contributed by atoms with Crippen LogP contribution in [0, 0.1) is 5.82 Å². The number of hydrogen-bond acceptors (Lipinski definition) is 4. The van der Waals surface area contributed by atoms with E-state index < -0.39 is 11.8 Å². The van der Waals surface area contributed by atoms with E-state index in [-0.39, 0.29) is 22.6 Å². The highest BCUT2D eigenvalue weighted by molar-refractivity contribution is 6.06. The SMILES string of the molecule is NC(=O)c1ccc(C(=O)Nc2ccc(-c3ccccc3F)nc2)cc1N. The fraction of sp³-hybridized carbons (Fsp3) is 0. The standard InChI is InChI=1S/C19H15FN4O2/c20-15-4-2-1-3-13(15)17-8-6-12(10-23-17)24-19(26)11-5-7-14(18(22)25)16(21)9-11/h1-10H,21H2,(H2,22,25)(H,24,26). The van der Waals surface area contributed by atoms with Crippen LogP contribution in [0.2, 0.25) is 0 Å². The molecule has 0 saturated carbocycles. The Balaban J connectivity index is 1.77. The number of pyridine rings is 1. The molecular weight excluding hydrogens is 335 g/mol. The van der Waals surface area contributed by atoms with E-state index in [0.29, 0.717) is 16.9 Å². The lowest BCUT2D eigenvalue weighted by Gasteiger charge is -2.08. The summed E-state index contributed by atoms with van der Waals surface area (Å²) >= 11 is 0. The van der Waals surface area contributed by atoms with E-state index in [2.05, 4.69) is 10.3 Å². The lowest BCUT2D eigenvalue weighted by atomic mass is 10.1. The summed E-state index contributed by atoms with van der Waals surface area (Å²) in [5, 5.41) is 2.66. The molecule has 1 aromatic heterocycles. The lowest BCUT2D eigenvalue weighted by molar-refractivity contribution is 0.0996. The fourth-order valence-electron chi connectivity index (χ4n) is 2.43. The Bertz CT molecular complexity index is 987. The summed E-state index contributed by atoms with van der Waals surface area (Å²) in [7, 11) is 0. The van der Waals surface area contributed by atoms with Crippen LogP contribution in [0.4, 0.5) is 15.8 Å². The molecule has 0 unspecified atom stereocenters. The summed E-state index contributed by atoms with van der Waals surface area (Å²) in [6.45, 7) is 0. The Labute approximate surface area is 148 Å². The number of anilines is 2. The zero-order valence-corrected chi connectivity index (χ0v) is 13.6. The van der Waals surface area contributed by atoms with Gasteiger partial charge in [-0.05, 0) is 42.5 Å². The molecular formula is C19H15FN4O2. The molecule has 0 fully saturated rings. The number of rotatable bonds is 4. The van der Waals surface area contributed by atoms with Crippen molar-refractivity contribution in [1.82, 2.24) is 4.98 Å². The molecule has 5 N–H and O–H groups in total. The van der Waals surface area contributed by atoms with Crippen molar-refractivity contribution in [3.8, 4) is 11.3 Å². The van der Waals surface area contributed by atoms with Crippen molar-refractivity contribution in [3.05, 3.63) is 77.7 Å². The van der Waals surface area contributed by atoms with Crippen molar-refractivity contribution in [2.24, 2.45) is 5.73 Å². The van der Waals surface area contributed by atoms with Crippen molar-refractivity contribution in [2.45, 2.75) is 0 Å². The highest BCUT2D eigenvalue weighted by Gasteiger charge is 2.12. The second-order valence-electron chi connectivity index (χ2n) is 5.53. The van der Waals surface area contributed by atoms with Crippen LogP contribution in [-0.2, 0) is 0 Å². The molecule has 0 aliphatic carbocycles. The average Bonchev–Trinajstić information content (AvgIpc) is 2.62.